The highest BCUT2D eigenvalue weighted by molar-refractivity contribution is 7.18. The van der Waals surface area contributed by atoms with Crippen LogP contribution in [0.1, 0.15) is 49.8 Å². The van der Waals surface area contributed by atoms with Gasteiger partial charge >= 0.3 is 0 Å². The number of halogens is 2. The van der Waals surface area contributed by atoms with Crippen LogP contribution < -0.4 is 10.6 Å². The molecule has 148 valence electrons. The minimum absolute atomic E-state index is 0. The van der Waals surface area contributed by atoms with Gasteiger partial charge in [-0.2, -0.15) is 0 Å². The van der Waals surface area contributed by atoms with Crippen LogP contribution in [0.3, 0.4) is 0 Å². The number of nitrogens with zero attached hydrogens (tertiary/aromatic N) is 2. The van der Waals surface area contributed by atoms with Crippen molar-refractivity contribution in [2.24, 2.45) is 0 Å². The predicted octanol–water partition coefficient (Wildman–Crippen LogP) is 4.80. The van der Waals surface area contributed by atoms with Crippen molar-refractivity contribution in [2.75, 3.05) is 25.5 Å². The molecule has 1 saturated carbocycles. The first-order valence-electron chi connectivity index (χ1n) is 9.09. The zero-order chi connectivity index (χ0) is 16.6. The summed E-state index contributed by atoms with van der Waals surface area (Å²) in [6.07, 6.45) is 10.9. The third-order valence-corrected chi connectivity index (χ3v) is 5.58. The summed E-state index contributed by atoms with van der Waals surface area (Å²) < 4.78 is 5.69. The lowest BCUT2D eigenvalue weighted by molar-refractivity contribution is 0.126. The number of hydrogen-bond acceptors (Lipinski definition) is 6. The highest BCUT2D eigenvalue weighted by atomic mass is 35.5. The summed E-state index contributed by atoms with van der Waals surface area (Å²) in [5.74, 6) is 0.989. The van der Waals surface area contributed by atoms with Crippen molar-refractivity contribution >= 4 is 52.2 Å². The van der Waals surface area contributed by atoms with Gasteiger partial charge in [0.25, 0.3) is 0 Å². The maximum Gasteiger partial charge on any atom is 0.138 e. The van der Waals surface area contributed by atoms with Crippen LogP contribution in [0.25, 0.3) is 10.2 Å². The number of rotatable bonds is 7. The Kier molecular flexibility index (Phi) is 11.4. The average Bonchev–Trinajstić information content (AvgIpc) is 2.98. The summed E-state index contributed by atoms with van der Waals surface area (Å²) in [6.45, 7) is 2.24. The van der Waals surface area contributed by atoms with E-state index in [-0.39, 0.29) is 24.8 Å². The zero-order valence-electron chi connectivity index (χ0n) is 15.3. The summed E-state index contributed by atoms with van der Waals surface area (Å²) in [7, 11) is 1.94. The van der Waals surface area contributed by atoms with Gasteiger partial charge in [-0.15, -0.1) is 36.2 Å². The van der Waals surface area contributed by atoms with E-state index in [1.54, 1.807) is 17.7 Å². The van der Waals surface area contributed by atoms with Gasteiger partial charge in [0.15, 0.2) is 0 Å². The Balaban J connectivity index is 0.00000169. The van der Waals surface area contributed by atoms with Crippen molar-refractivity contribution in [1.82, 2.24) is 15.3 Å². The van der Waals surface area contributed by atoms with Crippen LogP contribution in [0.2, 0.25) is 0 Å². The van der Waals surface area contributed by atoms with Crippen LogP contribution in [-0.2, 0) is 11.3 Å². The minimum Gasteiger partial charge on any atom is -0.375 e. The van der Waals surface area contributed by atoms with E-state index in [0.717, 1.165) is 29.2 Å². The predicted molar refractivity (Wildman–Crippen MR) is 115 cm³/mol. The molecule has 2 aromatic rings. The molecule has 1 fully saturated rings. The Morgan fingerprint density at radius 3 is 2.58 bits per heavy atom. The topological polar surface area (TPSA) is 59.1 Å². The molecule has 0 bridgehead atoms. The second kappa shape index (κ2) is 12.7. The maximum absolute atomic E-state index is 5.69. The molecule has 1 aliphatic rings. The molecule has 0 radical (unpaired) electrons. The lowest BCUT2D eigenvalue weighted by Gasteiger charge is -2.21. The van der Waals surface area contributed by atoms with Gasteiger partial charge in [0.1, 0.15) is 17.0 Å². The van der Waals surface area contributed by atoms with Gasteiger partial charge in [-0.1, -0.05) is 32.1 Å². The fourth-order valence-corrected chi connectivity index (χ4v) is 4.17. The van der Waals surface area contributed by atoms with Crippen molar-refractivity contribution in [3.63, 3.8) is 0 Å². The summed E-state index contributed by atoms with van der Waals surface area (Å²) >= 11 is 1.70. The molecule has 0 spiro atoms. The second-order valence-corrected chi connectivity index (χ2v) is 7.61. The van der Waals surface area contributed by atoms with E-state index in [1.165, 1.54) is 49.8 Å². The number of anilines is 1. The number of hydrogen-bond donors (Lipinski definition) is 2. The molecule has 5 nitrogen and oxygen atoms in total. The van der Waals surface area contributed by atoms with Crippen molar-refractivity contribution in [3.05, 3.63) is 17.3 Å². The van der Waals surface area contributed by atoms with E-state index < -0.39 is 0 Å². The van der Waals surface area contributed by atoms with Crippen LogP contribution in [0.4, 0.5) is 5.82 Å². The third-order valence-electron chi connectivity index (χ3n) is 4.57. The minimum atomic E-state index is 0. The molecule has 0 unspecified atom stereocenters. The molecule has 2 N–H and O–H groups in total. The molecule has 26 heavy (non-hydrogen) atoms. The van der Waals surface area contributed by atoms with Crippen LogP contribution in [0.5, 0.6) is 0 Å². The highest BCUT2D eigenvalue weighted by Gasteiger charge is 2.15. The number of ether oxygens (including phenoxy) is 1. The van der Waals surface area contributed by atoms with Gasteiger partial charge in [-0.3, -0.25) is 0 Å². The summed E-state index contributed by atoms with van der Waals surface area (Å²) in [4.78, 5) is 11.2. The first kappa shape index (κ1) is 23.4. The molecule has 0 aromatic carbocycles. The quantitative estimate of drug-likeness (QED) is 0.630. The van der Waals surface area contributed by atoms with Crippen LogP contribution in [-0.4, -0.2) is 36.2 Å². The lowest BCUT2D eigenvalue weighted by atomic mass is 9.97. The zero-order valence-corrected chi connectivity index (χ0v) is 17.8. The van der Waals surface area contributed by atoms with E-state index >= 15 is 0 Å². The summed E-state index contributed by atoms with van der Waals surface area (Å²) in [5.41, 5.74) is 0. The van der Waals surface area contributed by atoms with E-state index in [1.807, 2.05) is 7.05 Å². The Morgan fingerprint density at radius 2 is 1.85 bits per heavy atom. The van der Waals surface area contributed by atoms with Gasteiger partial charge in [-0.25, -0.2) is 9.97 Å². The maximum atomic E-state index is 5.69. The third kappa shape index (κ3) is 6.82. The number of fused-ring (bicyclic) bond motifs is 1. The molecule has 2 aromatic heterocycles. The van der Waals surface area contributed by atoms with E-state index in [2.05, 4.69) is 26.7 Å². The van der Waals surface area contributed by atoms with Gasteiger partial charge in [0.2, 0.25) is 0 Å². The first-order valence-corrected chi connectivity index (χ1v) is 9.91. The number of thiophene rings is 1. The molecular weight excluding hydrogens is 391 g/mol. The Morgan fingerprint density at radius 1 is 1.12 bits per heavy atom. The van der Waals surface area contributed by atoms with Crippen molar-refractivity contribution in [3.8, 4) is 0 Å². The van der Waals surface area contributed by atoms with E-state index in [0.29, 0.717) is 12.6 Å². The van der Waals surface area contributed by atoms with Crippen LogP contribution in [0.15, 0.2) is 12.4 Å². The van der Waals surface area contributed by atoms with Gasteiger partial charge in [-0.05, 0) is 26.0 Å². The van der Waals surface area contributed by atoms with Gasteiger partial charge < -0.3 is 15.4 Å². The summed E-state index contributed by atoms with van der Waals surface area (Å²) in [5, 5.41) is 7.91. The van der Waals surface area contributed by atoms with Crippen molar-refractivity contribution < 1.29 is 4.74 Å². The fourth-order valence-electron chi connectivity index (χ4n) is 3.23. The first-order chi connectivity index (χ1) is 11.9. The molecule has 1 aliphatic carbocycles. The monoisotopic (exact) mass is 420 g/mol. The largest absolute Gasteiger partial charge is 0.375 e. The SMILES string of the molecule is CNCCOCc1cc2c(NC3CCCCCCC3)ncnc2s1.Cl.Cl. The lowest BCUT2D eigenvalue weighted by Crippen LogP contribution is -2.21. The Bertz CT molecular complexity index is 633. The van der Waals surface area contributed by atoms with E-state index in [9.17, 15) is 0 Å². The normalized spacial score (nSPS) is 15.6. The van der Waals surface area contributed by atoms with E-state index in [4.69, 9.17) is 4.74 Å². The van der Waals surface area contributed by atoms with Crippen LogP contribution in [0, 0.1) is 0 Å². The highest BCUT2D eigenvalue weighted by Crippen LogP contribution is 2.30. The smallest absolute Gasteiger partial charge is 0.138 e. The average molecular weight is 421 g/mol. The molecule has 0 saturated heterocycles. The molecule has 0 amide bonds. The standard InChI is InChI=1S/C18H28N4OS.2ClH/c1-19-9-10-23-12-15-11-16-17(20-13-21-18(16)24-15)22-14-7-5-3-2-4-6-8-14;;/h11,13-14,19H,2-10,12H2,1H3,(H,20,21,22);2*1H. The van der Waals surface area contributed by atoms with Crippen molar-refractivity contribution in [1.29, 1.82) is 0 Å². The van der Waals surface area contributed by atoms with Crippen LogP contribution >= 0.6 is 36.2 Å². The number of likely N-dealkylation sites (N-methyl/N-ethyl adjacent to an activating group) is 1. The second-order valence-electron chi connectivity index (χ2n) is 6.50. The molecule has 3 rings (SSSR count). The molecule has 0 atom stereocenters. The number of aromatic nitrogens is 2. The van der Waals surface area contributed by atoms with Gasteiger partial charge in [0.05, 0.1) is 18.6 Å². The number of nitrogens with one attached hydrogen (secondary N) is 2. The molecular formula is C18H30Cl2N4OS. The van der Waals surface area contributed by atoms with Crippen molar-refractivity contribution in [2.45, 2.75) is 57.6 Å². The molecule has 0 aliphatic heterocycles. The molecule has 2 heterocycles. The fraction of sp³-hybridized carbons (Fsp3) is 0.667. The molecule has 8 heteroatoms. The Hall–Kier alpha value is -0.660. The summed E-state index contributed by atoms with van der Waals surface area (Å²) in [6, 6.07) is 2.73. The Labute approximate surface area is 172 Å². The van der Waals surface area contributed by atoms with Gasteiger partial charge in [0, 0.05) is 17.5 Å².